The minimum atomic E-state index is 0. The lowest BCUT2D eigenvalue weighted by Gasteiger charge is -2.15. The molecule has 0 saturated carbocycles. The Kier molecular flexibility index (Phi) is 7.19. The number of likely N-dealkylation sites (tertiary alicyclic amines) is 1. The highest BCUT2D eigenvalue weighted by Crippen LogP contribution is 2.16. The number of nitrogens with one attached hydrogen (secondary N) is 2. The van der Waals surface area contributed by atoms with Crippen molar-refractivity contribution in [2.24, 2.45) is 0 Å². The van der Waals surface area contributed by atoms with Crippen LogP contribution in [0.25, 0.3) is 0 Å². The van der Waals surface area contributed by atoms with Crippen LogP contribution in [0, 0.1) is 0 Å². The Balaban J connectivity index is 0.00000220. The van der Waals surface area contributed by atoms with E-state index in [4.69, 9.17) is 0 Å². The maximum absolute atomic E-state index is 11.6. The van der Waals surface area contributed by atoms with Gasteiger partial charge in [-0.2, -0.15) is 0 Å². The zero-order valence-corrected chi connectivity index (χ0v) is 13.0. The van der Waals surface area contributed by atoms with E-state index < -0.39 is 0 Å². The van der Waals surface area contributed by atoms with Crippen molar-refractivity contribution in [1.82, 2.24) is 10.2 Å². The summed E-state index contributed by atoms with van der Waals surface area (Å²) >= 11 is 0. The predicted molar refractivity (Wildman–Crippen MR) is 85.5 cm³/mol. The molecule has 0 radical (unpaired) electrons. The monoisotopic (exact) mass is 311 g/mol. The van der Waals surface area contributed by atoms with Gasteiger partial charge in [0.2, 0.25) is 11.8 Å². The van der Waals surface area contributed by atoms with Gasteiger partial charge in [0, 0.05) is 38.2 Å². The Hall–Kier alpha value is -1.59. The van der Waals surface area contributed by atoms with Gasteiger partial charge < -0.3 is 15.5 Å². The molecule has 1 aliphatic rings. The van der Waals surface area contributed by atoms with E-state index in [2.05, 4.69) is 10.6 Å². The third-order valence-corrected chi connectivity index (χ3v) is 3.38. The number of nitrogens with zero attached hydrogens (tertiary/aromatic N) is 1. The van der Waals surface area contributed by atoms with Gasteiger partial charge in [-0.25, -0.2) is 0 Å². The molecule has 0 unspecified atom stereocenters. The first kappa shape index (κ1) is 17.5. The number of halogens is 1. The fourth-order valence-corrected chi connectivity index (χ4v) is 2.25. The molecule has 0 atom stereocenters. The number of rotatable bonds is 6. The van der Waals surface area contributed by atoms with Crippen molar-refractivity contribution < 1.29 is 9.59 Å². The second-order valence-corrected chi connectivity index (χ2v) is 5.02. The van der Waals surface area contributed by atoms with Crippen LogP contribution >= 0.6 is 12.4 Å². The SMILES string of the molecule is CNCCC(=O)Nc1ccc(CN2CCCC2=O)cc1.Cl. The van der Waals surface area contributed by atoms with E-state index in [1.807, 2.05) is 36.2 Å². The Morgan fingerprint density at radius 2 is 2.00 bits per heavy atom. The number of anilines is 1. The van der Waals surface area contributed by atoms with Crippen molar-refractivity contribution in [2.45, 2.75) is 25.8 Å². The summed E-state index contributed by atoms with van der Waals surface area (Å²) in [6.45, 7) is 2.18. The van der Waals surface area contributed by atoms with Gasteiger partial charge in [-0.3, -0.25) is 9.59 Å². The number of hydrogen-bond acceptors (Lipinski definition) is 3. The van der Waals surface area contributed by atoms with Crippen LogP contribution in [0.3, 0.4) is 0 Å². The van der Waals surface area contributed by atoms with Gasteiger partial charge in [0.15, 0.2) is 0 Å². The minimum absolute atomic E-state index is 0. The first-order valence-corrected chi connectivity index (χ1v) is 7.00. The Morgan fingerprint density at radius 3 is 2.57 bits per heavy atom. The molecule has 5 nitrogen and oxygen atoms in total. The fraction of sp³-hybridized carbons (Fsp3) is 0.467. The molecule has 116 valence electrons. The summed E-state index contributed by atoms with van der Waals surface area (Å²) in [6.07, 6.45) is 2.08. The van der Waals surface area contributed by atoms with E-state index >= 15 is 0 Å². The first-order valence-electron chi connectivity index (χ1n) is 7.00. The topological polar surface area (TPSA) is 61.4 Å². The third-order valence-electron chi connectivity index (χ3n) is 3.38. The van der Waals surface area contributed by atoms with Crippen molar-refractivity contribution in [1.29, 1.82) is 0 Å². The summed E-state index contributed by atoms with van der Waals surface area (Å²) in [5.74, 6) is 0.233. The van der Waals surface area contributed by atoms with Crippen molar-refractivity contribution >= 4 is 29.9 Å². The molecule has 0 aromatic heterocycles. The molecular weight excluding hydrogens is 290 g/mol. The van der Waals surface area contributed by atoms with Gasteiger partial charge in [0.05, 0.1) is 0 Å². The minimum Gasteiger partial charge on any atom is -0.338 e. The van der Waals surface area contributed by atoms with Gasteiger partial charge in [-0.05, 0) is 31.2 Å². The molecule has 6 heteroatoms. The van der Waals surface area contributed by atoms with E-state index in [0.29, 0.717) is 25.9 Å². The van der Waals surface area contributed by atoms with Crippen LogP contribution in [0.15, 0.2) is 24.3 Å². The number of amides is 2. The molecule has 2 N–H and O–H groups in total. The van der Waals surface area contributed by atoms with Crippen molar-refractivity contribution in [3.63, 3.8) is 0 Å². The van der Waals surface area contributed by atoms with E-state index in [0.717, 1.165) is 24.2 Å². The van der Waals surface area contributed by atoms with Gasteiger partial charge in [-0.1, -0.05) is 12.1 Å². The Morgan fingerprint density at radius 1 is 1.29 bits per heavy atom. The largest absolute Gasteiger partial charge is 0.338 e. The molecule has 1 saturated heterocycles. The Bertz CT molecular complexity index is 476. The molecule has 2 rings (SSSR count). The molecule has 21 heavy (non-hydrogen) atoms. The van der Waals surface area contributed by atoms with Crippen LogP contribution in [0.4, 0.5) is 5.69 Å². The highest BCUT2D eigenvalue weighted by atomic mass is 35.5. The van der Waals surface area contributed by atoms with Gasteiger partial charge in [0.1, 0.15) is 0 Å². The standard InChI is InChI=1S/C15H21N3O2.ClH/c1-16-9-8-14(19)17-13-6-4-12(5-7-13)11-18-10-2-3-15(18)20;/h4-7,16H,2-3,8-11H2,1H3,(H,17,19);1H. The molecule has 1 heterocycles. The Labute approximate surface area is 131 Å². The zero-order chi connectivity index (χ0) is 14.4. The van der Waals surface area contributed by atoms with Crippen LogP contribution in [0.2, 0.25) is 0 Å². The molecule has 0 aliphatic carbocycles. The van der Waals surface area contributed by atoms with Crippen LogP contribution in [-0.2, 0) is 16.1 Å². The highest BCUT2D eigenvalue weighted by Gasteiger charge is 2.19. The summed E-state index contributed by atoms with van der Waals surface area (Å²) in [6, 6.07) is 7.68. The van der Waals surface area contributed by atoms with Crippen molar-refractivity contribution in [3.05, 3.63) is 29.8 Å². The fourth-order valence-electron chi connectivity index (χ4n) is 2.25. The van der Waals surface area contributed by atoms with Crippen molar-refractivity contribution in [2.75, 3.05) is 25.5 Å². The normalized spacial score (nSPS) is 14.0. The van der Waals surface area contributed by atoms with E-state index in [9.17, 15) is 9.59 Å². The number of benzene rings is 1. The van der Waals surface area contributed by atoms with Crippen LogP contribution in [-0.4, -0.2) is 36.9 Å². The maximum Gasteiger partial charge on any atom is 0.225 e. The summed E-state index contributed by atoms with van der Waals surface area (Å²) in [5.41, 5.74) is 1.89. The smallest absolute Gasteiger partial charge is 0.225 e. The summed E-state index contributed by atoms with van der Waals surface area (Å²) < 4.78 is 0. The summed E-state index contributed by atoms with van der Waals surface area (Å²) in [5, 5.41) is 5.79. The summed E-state index contributed by atoms with van der Waals surface area (Å²) in [4.78, 5) is 25.0. The van der Waals surface area contributed by atoms with Gasteiger partial charge in [0.25, 0.3) is 0 Å². The molecule has 1 aliphatic heterocycles. The van der Waals surface area contributed by atoms with Crippen LogP contribution in [0.1, 0.15) is 24.8 Å². The molecule has 1 aromatic carbocycles. The molecule has 1 aromatic rings. The molecule has 1 fully saturated rings. The lowest BCUT2D eigenvalue weighted by atomic mass is 10.2. The average molecular weight is 312 g/mol. The molecule has 0 bridgehead atoms. The van der Waals surface area contributed by atoms with Gasteiger partial charge in [-0.15, -0.1) is 12.4 Å². The van der Waals surface area contributed by atoms with Crippen LogP contribution in [0.5, 0.6) is 0 Å². The first-order chi connectivity index (χ1) is 9.69. The lowest BCUT2D eigenvalue weighted by Crippen LogP contribution is -2.23. The van der Waals surface area contributed by atoms with E-state index in [1.54, 1.807) is 0 Å². The second kappa shape index (κ2) is 8.64. The lowest BCUT2D eigenvalue weighted by molar-refractivity contribution is -0.128. The highest BCUT2D eigenvalue weighted by molar-refractivity contribution is 5.90. The van der Waals surface area contributed by atoms with E-state index in [1.165, 1.54) is 0 Å². The second-order valence-electron chi connectivity index (χ2n) is 5.02. The van der Waals surface area contributed by atoms with Gasteiger partial charge >= 0.3 is 0 Å². The molecule has 2 amide bonds. The number of carbonyl (C=O) groups excluding carboxylic acids is 2. The number of hydrogen-bond donors (Lipinski definition) is 2. The third kappa shape index (κ3) is 5.36. The molecule has 0 spiro atoms. The van der Waals surface area contributed by atoms with E-state index in [-0.39, 0.29) is 24.2 Å². The zero-order valence-electron chi connectivity index (χ0n) is 12.2. The molecular formula is C15H22ClN3O2. The maximum atomic E-state index is 11.6. The summed E-state index contributed by atoms with van der Waals surface area (Å²) in [7, 11) is 1.82. The predicted octanol–water partition coefficient (Wildman–Crippen LogP) is 1.78. The van der Waals surface area contributed by atoms with Crippen LogP contribution < -0.4 is 10.6 Å². The van der Waals surface area contributed by atoms with Crippen molar-refractivity contribution in [3.8, 4) is 0 Å². The number of carbonyl (C=O) groups is 2. The average Bonchev–Trinajstić information content (AvgIpc) is 2.84. The quantitative estimate of drug-likeness (QED) is 0.842.